The zero-order valence-corrected chi connectivity index (χ0v) is 9.57. The van der Waals surface area contributed by atoms with Crippen molar-refractivity contribution in [2.45, 2.75) is 20.1 Å². The van der Waals surface area contributed by atoms with Crippen molar-refractivity contribution in [3.8, 4) is 11.5 Å². The van der Waals surface area contributed by atoms with Crippen LogP contribution in [0.2, 0.25) is 0 Å². The predicted octanol–water partition coefficient (Wildman–Crippen LogP) is 3.94. The molecule has 1 aromatic carbocycles. The SMILES string of the molecule is CC.Fc1cc(Br)cc2c1OC(F)(F)O2. The van der Waals surface area contributed by atoms with Crippen LogP contribution in [0.5, 0.6) is 11.5 Å². The molecule has 0 aliphatic carbocycles. The van der Waals surface area contributed by atoms with Gasteiger partial charge in [0.1, 0.15) is 0 Å². The first kappa shape index (κ1) is 12.2. The van der Waals surface area contributed by atoms with Crippen LogP contribution in [0, 0.1) is 5.82 Å². The van der Waals surface area contributed by atoms with E-state index in [4.69, 9.17) is 0 Å². The van der Waals surface area contributed by atoms with Crippen molar-refractivity contribution in [1.29, 1.82) is 0 Å². The van der Waals surface area contributed by atoms with Gasteiger partial charge >= 0.3 is 6.29 Å². The van der Waals surface area contributed by atoms with Gasteiger partial charge in [-0.25, -0.2) is 4.39 Å². The lowest BCUT2D eigenvalue weighted by Crippen LogP contribution is -2.26. The minimum absolute atomic E-state index is 0.308. The van der Waals surface area contributed by atoms with E-state index >= 15 is 0 Å². The van der Waals surface area contributed by atoms with E-state index in [1.165, 1.54) is 6.07 Å². The Labute approximate surface area is 93.1 Å². The van der Waals surface area contributed by atoms with E-state index in [1.54, 1.807) is 0 Å². The van der Waals surface area contributed by atoms with Gasteiger partial charge < -0.3 is 9.47 Å². The van der Waals surface area contributed by atoms with Crippen LogP contribution in [0.1, 0.15) is 13.8 Å². The molecule has 0 saturated carbocycles. The molecule has 0 atom stereocenters. The number of hydrogen-bond acceptors (Lipinski definition) is 2. The van der Waals surface area contributed by atoms with Crippen molar-refractivity contribution >= 4 is 15.9 Å². The first-order valence-electron chi connectivity index (χ1n) is 4.23. The lowest BCUT2D eigenvalue weighted by atomic mass is 10.3. The smallest absolute Gasteiger partial charge is 0.395 e. The van der Waals surface area contributed by atoms with E-state index in [9.17, 15) is 13.2 Å². The Kier molecular flexibility index (Phi) is 3.49. The van der Waals surface area contributed by atoms with Gasteiger partial charge in [0.05, 0.1) is 0 Å². The Balaban J connectivity index is 0.000000531. The van der Waals surface area contributed by atoms with E-state index in [-0.39, 0.29) is 5.75 Å². The Morgan fingerprint density at radius 1 is 1.20 bits per heavy atom. The zero-order chi connectivity index (χ0) is 11.6. The van der Waals surface area contributed by atoms with Crippen LogP contribution in [0.15, 0.2) is 16.6 Å². The van der Waals surface area contributed by atoms with Crippen LogP contribution in [-0.2, 0) is 0 Å². The molecule has 0 fully saturated rings. The summed E-state index contributed by atoms with van der Waals surface area (Å²) in [5.41, 5.74) is 0. The molecule has 6 heteroatoms. The lowest BCUT2D eigenvalue weighted by Gasteiger charge is -2.04. The van der Waals surface area contributed by atoms with Crippen LogP contribution in [0.3, 0.4) is 0 Å². The Hall–Kier alpha value is -0.910. The first-order chi connectivity index (χ1) is 6.98. The number of benzene rings is 1. The number of fused-ring (bicyclic) bond motifs is 1. The van der Waals surface area contributed by atoms with E-state index in [1.807, 2.05) is 13.8 Å². The second-order valence-electron chi connectivity index (χ2n) is 2.38. The van der Waals surface area contributed by atoms with Crippen LogP contribution >= 0.6 is 15.9 Å². The van der Waals surface area contributed by atoms with Gasteiger partial charge in [-0.2, -0.15) is 0 Å². The maximum atomic E-state index is 12.9. The van der Waals surface area contributed by atoms with Gasteiger partial charge in [-0.05, 0) is 12.1 Å². The average molecular weight is 285 g/mol. The summed E-state index contributed by atoms with van der Waals surface area (Å²) < 4.78 is 46.0. The summed E-state index contributed by atoms with van der Waals surface area (Å²) in [6.45, 7) is 4.00. The molecule has 1 aromatic rings. The van der Waals surface area contributed by atoms with Crippen molar-refractivity contribution < 1.29 is 22.6 Å². The second kappa shape index (κ2) is 4.30. The highest BCUT2D eigenvalue weighted by atomic mass is 79.9. The largest absolute Gasteiger partial charge is 0.586 e. The standard InChI is InChI=1S/C7H2BrF3O2.C2H6/c8-3-1-4(9)6-5(2-3)12-7(10,11)13-6;1-2/h1-2H;1-2H3. The Morgan fingerprint density at radius 3 is 2.40 bits per heavy atom. The number of ether oxygens (including phenoxy) is 2. The van der Waals surface area contributed by atoms with Crippen LogP contribution < -0.4 is 9.47 Å². The second-order valence-corrected chi connectivity index (χ2v) is 3.30. The molecule has 0 spiro atoms. The van der Waals surface area contributed by atoms with Gasteiger partial charge in [0.25, 0.3) is 0 Å². The number of alkyl halides is 2. The van der Waals surface area contributed by atoms with Gasteiger partial charge in [-0.3, -0.25) is 0 Å². The quantitative estimate of drug-likeness (QED) is 0.719. The molecule has 0 unspecified atom stereocenters. The third-order valence-corrected chi connectivity index (χ3v) is 1.88. The molecular weight excluding hydrogens is 277 g/mol. The third kappa shape index (κ3) is 2.56. The van der Waals surface area contributed by atoms with Crippen LogP contribution in [0.4, 0.5) is 13.2 Å². The average Bonchev–Trinajstić information content (AvgIpc) is 2.43. The summed E-state index contributed by atoms with van der Waals surface area (Å²) in [5.74, 6) is -1.76. The van der Waals surface area contributed by atoms with Crippen molar-refractivity contribution in [2.24, 2.45) is 0 Å². The summed E-state index contributed by atoms with van der Waals surface area (Å²) >= 11 is 2.93. The summed E-state index contributed by atoms with van der Waals surface area (Å²) in [6, 6.07) is 2.23. The van der Waals surface area contributed by atoms with Crippen molar-refractivity contribution in [3.63, 3.8) is 0 Å². The number of rotatable bonds is 0. The summed E-state index contributed by atoms with van der Waals surface area (Å²) in [4.78, 5) is 0. The normalized spacial score (nSPS) is 15.6. The maximum absolute atomic E-state index is 12.9. The molecule has 0 amide bonds. The summed E-state index contributed by atoms with van der Waals surface area (Å²) in [5, 5.41) is 0. The van der Waals surface area contributed by atoms with Gasteiger partial charge in [-0.15, -0.1) is 8.78 Å². The topological polar surface area (TPSA) is 18.5 Å². The first-order valence-corrected chi connectivity index (χ1v) is 5.02. The van der Waals surface area contributed by atoms with Gasteiger partial charge in [-0.1, -0.05) is 29.8 Å². The molecule has 0 radical (unpaired) electrons. The molecule has 0 aromatic heterocycles. The van der Waals surface area contributed by atoms with Crippen LogP contribution in [0.25, 0.3) is 0 Å². The molecule has 0 bridgehead atoms. The van der Waals surface area contributed by atoms with Crippen molar-refractivity contribution in [2.75, 3.05) is 0 Å². The van der Waals surface area contributed by atoms with Gasteiger partial charge in [0, 0.05) is 4.47 Å². The molecule has 0 saturated heterocycles. The van der Waals surface area contributed by atoms with Crippen molar-refractivity contribution in [3.05, 3.63) is 22.4 Å². The molecule has 2 nitrogen and oxygen atoms in total. The monoisotopic (exact) mass is 284 g/mol. The molecule has 1 heterocycles. The summed E-state index contributed by atoms with van der Waals surface area (Å²) in [6.07, 6.45) is -3.77. The van der Waals surface area contributed by atoms with Gasteiger partial charge in [0.15, 0.2) is 11.6 Å². The number of hydrogen-bond donors (Lipinski definition) is 0. The highest BCUT2D eigenvalue weighted by Crippen LogP contribution is 2.44. The molecule has 2 rings (SSSR count). The predicted molar refractivity (Wildman–Crippen MR) is 51.7 cm³/mol. The Morgan fingerprint density at radius 2 is 1.80 bits per heavy atom. The van der Waals surface area contributed by atoms with E-state index < -0.39 is 17.9 Å². The fourth-order valence-electron chi connectivity index (χ4n) is 0.979. The molecular formula is C9H8BrF3O2. The molecule has 84 valence electrons. The zero-order valence-electron chi connectivity index (χ0n) is 7.98. The fourth-order valence-corrected chi connectivity index (χ4v) is 1.39. The Bertz CT molecular complexity index is 369. The molecule has 1 aliphatic rings. The third-order valence-electron chi connectivity index (χ3n) is 1.42. The molecule has 15 heavy (non-hydrogen) atoms. The minimum atomic E-state index is -3.77. The fraction of sp³-hybridized carbons (Fsp3) is 0.333. The van der Waals surface area contributed by atoms with E-state index in [2.05, 4.69) is 25.4 Å². The minimum Gasteiger partial charge on any atom is -0.395 e. The maximum Gasteiger partial charge on any atom is 0.586 e. The van der Waals surface area contributed by atoms with E-state index in [0.717, 1.165) is 6.07 Å². The van der Waals surface area contributed by atoms with E-state index in [0.29, 0.717) is 4.47 Å². The highest BCUT2D eigenvalue weighted by molar-refractivity contribution is 9.10. The van der Waals surface area contributed by atoms with Crippen molar-refractivity contribution in [1.82, 2.24) is 0 Å². The molecule has 1 aliphatic heterocycles. The lowest BCUT2D eigenvalue weighted by molar-refractivity contribution is -0.287. The number of halogens is 4. The highest BCUT2D eigenvalue weighted by Gasteiger charge is 2.45. The summed E-state index contributed by atoms with van der Waals surface area (Å²) in [7, 11) is 0. The van der Waals surface area contributed by atoms with Gasteiger partial charge in [0.2, 0.25) is 5.75 Å². The van der Waals surface area contributed by atoms with Crippen LogP contribution in [-0.4, -0.2) is 6.29 Å². The molecule has 0 N–H and O–H groups in total.